The second-order valence-electron chi connectivity index (χ2n) is 11.8. The number of nitrogens with zero attached hydrogens (tertiary/aromatic N) is 4. The fourth-order valence-electron chi connectivity index (χ4n) is 6.94. The summed E-state index contributed by atoms with van der Waals surface area (Å²) in [5.41, 5.74) is 4.26. The SMILES string of the molecule is COC(=O)c1ccc2nc(CN3C[C@@H]4[C@H](C3)[C@H]4c3cccc4c3OC(C)(c3ccc(Cl)cn3)O4)n(C[C@@H]3CCO3)c2c1. The van der Waals surface area contributed by atoms with Crippen LogP contribution in [-0.4, -0.2) is 58.3 Å². The Balaban J connectivity index is 1.000. The Bertz CT molecular complexity index is 1690. The van der Waals surface area contributed by atoms with Crippen LogP contribution in [0.25, 0.3) is 11.0 Å². The molecule has 5 heterocycles. The van der Waals surface area contributed by atoms with E-state index in [-0.39, 0.29) is 12.1 Å². The highest BCUT2D eigenvalue weighted by Crippen LogP contribution is 2.62. The summed E-state index contributed by atoms with van der Waals surface area (Å²) in [6.07, 6.45) is 2.82. The maximum absolute atomic E-state index is 12.2. The number of piperidine rings is 1. The van der Waals surface area contributed by atoms with E-state index < -0.39 is 5.79 Å². The van der Waals surface area contributed by atoms with Crippen LogP contribution < -0.4 is 9.47 Å². The van der Waals surface area contributed by atoms with E-state index in [4.69, 9.17) is 35.5 Å². The van der Waals surface area contributed by atoms with Gasteiger partial charge in [-0.25, -0.2) is 9.78 Å². The smallest absolute Gasteiger partial charge is 0.337 e. The number of fused-ring (bicyclic) bond motifs is 3. The van der Waals surface area contributed by atoms with Crippen molar-refractivity contribution in [2.75, 3.05) is 26.8 Å². The molecule has 0 radical (unpaired) electrons. The molecule has 0 amide bonds. The van der Waals surface area contributed by atoms with E-state index in [1.165, 1.54) is 12.7 Å². The van der Waals surface area contributed by atoms with Crippen molar-refractivity contribution < 1.29 is 23.7 Å². The first-order valence-electron chi connectivity index (χ1n) is 14.4. The average Bonchev–Trinajstić information content (AvgIpc) is 3.25. The molecule has 1 saturated carbocycles. The molecular formula is C32H31ClN4O5. The van der Waals surface area contributed by atoms with Crippen molar-refractivity contribution in [3.8, 4) is 11.5 Å². The minimum absolute atomic E-state index is 0.176. The predicted molar refractivity (Wildman–Crippen MR) is 155 cm³/mol. The fraction of sp³-hybridized carbons (Fsp3) is 0.406. The number of para-hydroxylation sites is 1. The van der Waals surface area contributed by atoms with Gasteiger partial charge in [0.05, 0.1) is 47.9 Å². The molecule has 42 heavy (non-hydrogen) atoms. The molecule has 5 atom stereocenters. The molecule has 2 aromatic carbocycles. The van der Waals surface area contributed by atoms with E-state index in [1.807, 2.05) is 31.2 Å². The molecule has 1 aliphatic carbocycles. The summed E-state index contributed by atoms with van der Waals surface area (Å²) in [7, 11) is 1.40. The first kappa shape index (κ1) is 26.0. The number of aromatic nitrogens is 3. The monoisotopic (exact) mass is 586 g/mol. The third-order valence-corrected chi connectivity index (χ3v) is 9.45. The summed E-state index contributed by atoms with van der Waals surface area (Å²) in [4.78, 5) is 24.2. The van der Waals surface area contributed by atoms with Gasteiger partial charge in [-0.3, -0.25) is 9.88 Å². The maximum Gasteiger partial charge on any atom is 0.337 e. The summed E-state index contributed by atoms with van der Waals surface area (Å²) in [5, 5.41) is 0.576. The van der Waals surface area contributed by atoms with E-state index in [0.29, 0.717) is 34.0 Å². The van der Waals surface area contributed by atoms with Gasteiger partial charge < -0.3 is 23.5 Å². The van der Waals surface area contributed by atoms with E-state index in [2.05, 4.69) is 26.6 Å². The van der Waals surface area contributed by atoms with Crippen LogP contribution >= 0.6 is 11.6 Å². The average molecular weight is 587 g/mol. The van der Waals surface area contributed by atoms with E-state index in [9.17, 15) is 4.79 Å². The molecule has 3 fully saturated rings. The van der Waals surface area contributed by atoms with Gasteiger partial charge in [0.2, 0.25) is 0 Å². The van der Waals surface area contributed by atoms with Crippen molar-refractivity contribution in [2.24, 2.45) is 11.8 Å². The van der Waals surface area contributed by atoms with Crippen LogP contribution in [-0.2, 0) is 28.4 Å². The second-order valence-corrected chi connectivity index (χ2v) is 12.3. The van der Waals surface area contributed by atoms with Crippen LogP contribution in [0.4, 0.5) is 0 Å². The summed E-state index contributed by atoms with van der Waals surface area (Å²) in [6, 6.07) is 15.4. The lowest BCUT2D eigenvalue weighted by Gasteiger charge is -2.28. The highest BCUT2D eigenvalue weighted by Gasteiger charge is 2.58. The molecule has 0 bridgehead atoms. The second kappa shape index (κ2) is 9.69. The number of likely N-dealkylation sites (tertiary alicyclic amines) is 1. The summed E-state index contributed by atoms with van der Waals surface area (Å²) in [5.74, 6) is 2.80. The Morgan fingerprint density at radius 3 is 2.69 bits per heavy atom. The number of rotatable bonds is 7. The maximum atomic E-state index is 12.2. The summed E-state index contributed by atoms with van der Waals surface area (Å²) in [6.45, 7) is 6.16. The first-order valence-corrected chi connectivity index (χ1v) is 14.8. The van der Waals surface area contributed by atoms with Gasteiger partial charge in [-0.1, -0.05) is 23.7 Å². The van der Waals surface area contributed by atoms with Gasteiger partial charge in [0.25, 0.3) is 5.79 Å². The summed E-state index contributed by atoms with van der Waals surface area (Å²) >= 11 is 6.05. The lowest BCUT2D eigenvalue weighted by Crippen LogP contribution is -2.33. The van der Waals surface area contributed by atoms with E-state index in [1.54, 1.807) is 18.3 Å². The Kier molecular flexibility index (Phi) is 6.00. The van der Waals surface area contributed by atoms with Gasteiger partial charge in [-0.2, -0.15) is 0 Å². The van der Waals surface area contributed by atoms with Crippen LogP contribution in [0.2, 0.25) is 5.02 Å². The molecule has 2 aromatic heterocycles. The van der Waals surface area contributed by atoms with Crippen LogP contribution in [0.1, 0.15) is 46.7 Å². The number of imidazole rings is 1. The molecule has 4 aliphatic rings. The third kappa shape index (κ3) is 4.25. The molecule has 8 rings (SSSR count). The molecular weight excluding hydrogens is 556 g/mol. The molecule has 216 valence electrons. The number of methoxy groups -OCH3 is 1. The van der Waals surface area contributed by atoms with Crippen LogP contribution in [0.5, 0.6) is 11.5 Å². The number of carbonyl (C=O) groups excluding carboxylic acids is 1. The molecule has 1 unspecified atom stereocenters. The minimum atomic E-state index is -0.990. The number of halogens is 1. The number of esters is 1. The van der Waals surface area contributed by atoms with Crippen LogP contribution in [0.3, 0.4) is 0 Å². The Morgan fingerprint density at radius 2 is 1.98 bits per heavy atom. The van der Waals surface area contributed by atoms with Crippen molar-refractivity contribution in [3.05, 3.63) is 82.4 Å². The Hall–Kier alpha value is -3.66. The summed E-state index contributed by atoms with van der Waals surface area (Å²) < 4.78 is 25.7. The van der Waals surface area contributed by atoms with Crippen molar-refractivity contribution in [1.29, 1.82) is 0 Å². The van der Waals surface area contributed by atoms with Gasteiger partial charge in [0, 0.05) is 38.4 Å². The zero-order valence-electron chi connectivity index (χ0n) is 23.5. The fourth-order valence-corrected chi connectivity index (χ4v) is 7.05. The van der Waals surface area contributed by atoms with Crippen LogP contribution in [0, 0.1) is 11.8 Å². The Labute approximate surface area is 248 Å². The van der Waals surface area contributed by atoms with E-state index in [0.717, 1.165) is 67.6 Å². The zero-order chi connectivity index (χ0) is 28.6. The van der Waals surface area contributed by atoms with Crippen molar-refractivity contribution in [3.63, 3.8) is 0 Å². The number of carbonyl (C=O) groups is 1. The lowest BCUT2D eigenvalue weighted by atomic mass is 10.0. The molecule has 2 saturated heterocycles. The highest BCUT2D eigenvalue weighted by molar-refractivity contribution is 6.30. The third-order valence-electron chi connectivity index (χ3n) is 9.23. The number of ether oxygens (including phenoxy) is 4. The van der Waals surface area contributed by atoms with Gasteiger partial charge in [0.15, 0.2) is 11.5 Å². The van der Waals surface area contributed by atoms with Gasteiger partial charge >= 0.3 is 5.97 Å². The first-order chi connectivity index (χ1) is 20.4. The van der Waals surface area contributed by atoms with Crippen molar-refractivity contribution in [1.82, 2.24) is 19.4 Å². The topological polar surface area (TPSA) is 87.9 Å². The minimum Gasteiger partial charge on any atom is -0.465 e. The zero-order valence-corrected chi connectivity index (χ0v) is 24.2. The molecule has 9 nitrogen and oxygen atoms in total. The molecule has 10 heteroatoms. The molecule has 4 aromatic rings. The van der Waals surface area contributed by atoms with Crippen LogP contribution in [0.15, 0.2) is 54.7 Å². The molecule has 0 spiro atoms. The highest BCUT2D eigenvalue weighted by atomic mass is 35.5. The number of benzene rings is 2. The normalized spacial score (nSPS) is 27.6. The number of pyridine rings is 1. The molecule has 3 aliphatic heterocycles. The van der Waals surface area contributed by atoms with Crippen molar-refractivity contribution in [2.45, 2.75) is 44.2 Å². The van der Waals surface area contributed by atoms with Gasteiger partial charge in [-0.15, -0.1) is 0 Å². The number of hydrogen-bond acceptors (Lipinski definition) is 8. The van der Waals surface area contributed by atoms with Crippen molar-refractivity contribution >= 4 is 28.6 Å². The van der Waals surface area contributed by atoms with Gasteiger partial charge in [0.1, 0.15) is 11.5 Å². The van der Waals surface area contributed by atoms with E-state index >= 15 is 0 Å². The quantitative estimate of drug-likeness (QED) is 0.275. The largest absolute Gasteiger partial charge is 0.465 e. The Morgan fingerprint density at radius 1 is 1.14 bits per heavy atom. The lowest BCUT2D eigenvalue weighted by molar-refractivity contribution is -0.0721. The van der Waals surface area contributed by atoms with Gasteiger partial charge in [-0.05, 0) is 60.6 Å². The number of hydrogen-bond donors (Lipinski definition) is 0. The predicted octanol–water partition coefficient (Wildman–Crippen LogP) is 5.15. The standard InChI is InChI=1S/C32H31ClN4O5/c1-32(27-9-7-19(33)13-34-27)41-26-5-3-4-21(30(26)42-32)29-22-15-36(16-23(22)29)17-28-35-24-8-6-18(31(38)39-2)12-25(24)37(28)14-20-10-11-40-20/h3-9,12-13,20,22-23,29H,10-11,14-17H2,1-2H3/t20-,22-,23+,29+,32?/m0/s1. The molecule has 0 N–H and O–H groups in total.